The van der Waals surface area contributed by atoms with Crippen LogP contribution in [0, 0.1) is 17.1 Å². The van der Waals surface area contributed by atoms with Crippen LogP contribution in [0.5, 0.6) is 0 Å². The van der Waals surface area contributed by atoms with Crippen LogP contribution in [-0.2, 0) is 0 Å². The highest BCUT2D eigenvalue weighted by atomic mass is 79.9. The third kappa shape index (κ3) is 1.93. The van der Waals surface area contributed by atoms with Gasteiger partial charge in [0.1, 0.15) is 11.9 Å². The average molecular weight is 242 g/mol. The van der Waals surface area contributed by atoms with Crippen molar-refractivity contribution in [2.45, 2.75) is 6.92 Å². The summed E-state index contributed by atoms with van der Waals surface area (Å²) in [5.74, 6) is -0.831. The molecule has 0 fully saturated rings. The topological polar surface area (TPSA) is 40.9 Å². The van der Waals surface area contributed by atoms with Crippen molar-refractivity contribution < 1.29 is 9.18 Å². The monoisotopic (exact) mass is 241 g/mol. The molecular weight excluding hydrogens is 237 g/mol. The summed E-state index contributed by atoms with van der Waals surface area (Å²) < 4.78 is 13.3. The molecule has 66 valence electrons. The van der Waals surface area contributed by atoms with Crippen LogP contribution in [0.2, 0.25) is 0 Å². The molecule has 0 heterocycles. The Kier molecular flexibility index (Phi) is 2.79. The Morgan fingerprint density at radius 1 is 1.62 bits per heavy atom. The minimum atomic E-state index is -0.626. The second kappa shape index (κ2) is 3.67. The summed E-state index contributed by atoms with van der Waals surface area (Å²) >= 11 is 3.04. The fraction of sp³-hybridized carbons (Fsp3) is 0.111. The number of nitriles is 1. The van der Waals surface area contributed by atoms with Gasteiger partial charge in [0, 0.05) is 10.0 Å². The van der Waals surface area contributed by atoms with Crippen molar-refractivity contribution in [1.29, 1.82) is 5.26 Å². The quantitative estimate of drug-likeness (QED) is 0.710. The molecule has 1 aromatic rings. The molecule has 0 aliphatic rings. The van der Waals surface area contributed by atoms with Gasteiger partial charge >= 0.3 is 0 Å². The highest BCUT2D eigenvalue weighted by Gasteiger charge is 2.10. The van der Waals surface area contributed by atoms with Crippen LogP contribution in [0.4, 0.5) is 4.39 Å². The van der Waals surface area contributed by atoms with Crippen LogP contribution in [0.1, 0.15) is 22.8 Å². The van der Waals surface area contributed by atoms with E-state index in [1.54, 1.807) is 6.07 Å². The Morgan fingerprint density at radius 3 is 2.69 bits per heavy atom. The molecule has 0 N–H and O–H groups in total. The van der Waals surface area contributed by atoms with E-state index in [0.29, 0.717) is 10.0 Å². The molecule has 0 aromatic heterocycles. The highest BCUT2D eigenvalue weighted by molar-refractivity contribution is 9.10. The Bertz CT molecular complexity index is 409. The van der Waals surface area contributed by atoms with Crippen molar-refractivity contribution in [2.75, 3.05) is 0 Å². The molecule has 4 heteroatoms. The molecule has 1 rings (SSSR count). The van der Waals surface area contributed by atoms with Crippen LogP contribution in [-0.4, -0.2) is 5.78 Å². The standard InChI is InChI=1S/C9H5BrFNO/c1-5(13)7-2-6(4-12)9(11)3-8(7)10/h2-3H,1H3. The summed E-state index contributed by atoms with van der Waals surface area (Å²) in [6, 6.07) is 4.03. The first kappa shape index (κ1) is 9.87. The molecule has 0 saturated heterocycles. The highest BCUT2D eigenvalue weighted by Crippen LogP contribution is 2.21. The van der Waals surface area contributed by atoms with E-state index in [0.717, 1.165) is 6.07 Å². The van der Waals surface area contributed by atoms with Crippen LogP contribution in [0.15, 0.2) is 16.6 Å². The number of carbonyl (C=O) groups excluding carboxylic acids is 1. The first-order chi connectivity index (χ1) is 6.06. The van der Waals surface area contributed by atoms with E-state index in [2.05, 4.69) is 15.9 Å². The number of benzene rings is 1. The lowest BCUT2D eigenvalue weighted by Gasteiger charge is -2.00. The van der Waals surface area contributed by atoms with Gasteiger partial charge in [0.2, 0.25) is 0 Å². The predicted octanol–water partition coefficient (Wildman–Crippen LogP) is 2.66. The molecule has 0 aliphatic carbocycles. The predicted molar refractivity (Wildman–Crippen MR) is 48.8 cm³/mol. The lowest BCUT2D eigenvalue weighted by molar-refractivity contribution is 0.101. The van der Waals surface area contributed by atoms with Crippen LogP contribution in [0.3, 0.4) is 0 Å². The third-order valence-electron chi connectivity index (χ3n) is 1.56. The number of ketones is 1. The van der Waals surface area contributed by atoms with Gasteiger partial charge in [-0.1, -0.05) is 0 Å². The molecule has 1 aromatic carbocycles. The Hall–Kier alpha value is -1.21. The van der Waals surface area contributed by atoms with Crippen molar-refractivity contribution in [2.24, 2.45) is 0 Å². The maximum Gasteiger partial charge on any atom is 0.160 e. The van der Waals surface area contributed by atoms with E-state index >= 15 is 0 Å². The number of hydrogen-bond acceptors (Lipinski definition) is 2. The zero-order chi connectivity index (χ0) is 10.0. The molecule has 0 saturated carbocycles. The number of rotatable bonds is 1. The van der Waals surface area contributed by atoms with Gasteiger partial charge in [-0.05, 0) is 35.0 Å². The fourth-order valence-corrected chi connectivity index (χ4v) is 1.50. The summed E-state index contributed by atoms with van der Waals surface area (Å²) in [7, 11) is 0. The fourth-order valence-electron chi connectivity index (χ4n) is 0.904. The van der Waals surface area contributed by atoms with E-state index in [-0.39, 0.29) is 11.3 Å². The van der Waals surface area contributed by atoms with Crippen molar-refractivity contribution in [3.63, 3.8) is 0 Å². The maximum absolute atomic E-state index is 12.9. The van der Waals surface area contributed by atoms with Gasteiger partial charge in [-0.3, -0.25) is 4.79 Å². The van der Waals surface area contributed by atoms with Gasteiger partial charge < -0.3 is 0 Å². The zero-order valence-electron chi connectivity index (χ0n) is 6.77. The molecule has 2 nitrogen and oxygen atoms in total. The van der Waals surface area contributed by atoms with Crippen molar-refractivity contribution in [3.05, 3.63) is 33.5 Å². The zero-order valence-corrected chi connectivity index (χ0v) is 8.35. The minimum Gasteiger partial charge on any atom is -0.294 e. The smallest absolute Gasteiger partial charge is 0.160 e. The van der Waals surface area contributed by atoms with E-state index in [1.165, 1.54) is 13.0 Å². The molecule has 0 unspecified atom stereocenters. The molecular formula is C9H5BrFNO. The molecule has 0 bridgehead atoms. The summed E-state index contributed by atoms with van der Waals surface area (Å²) in [5.41, 5.74) is 0.200. The summed E-state index contributed by atoms with van der Waals surface area (Å²) in [4.78, 5) is 11.0. The first-order valence-corrected chi connectivity index (χ1v) is 4.25. The van der Waals surface area contributed by atoms with Crippen molar-refractivity contribution in [3.8, 4) is 6.07 Å². The van der Waals surface area contributed by atoms with Gasteiger partial charge in [-0.2, -0.15) is 5.26 Å². The largest absolute Gasteiger partial charge is 0.294 e. The number of Topliss-reactive ketones (excluding diaryl/α,β-unsaturated/α-hetero) is 1. The van der Waals surface area contributed by atoms with E-state index in [9.17, 15) is 9.18 Å². The van der Waals surface area contributed by atoms with E-state index in [4.69, 9.17) is 5.26 Å². The van der Waals surface area contributed by atoms with Gasteiger partial charge in [-0.25, -0.2) is 4.39 Å². The molecule has 0 spiro atoms. The first-order valence-electron chi connectivity index (χ1n) is 3.46. The molecule has 0 radical (unpaired) electrons. The average Bonchev–Trinajstić information content (AvgIpc) is 2.03. The Labute approximate surface area is 83.1 Å². The molecule has 13 heavy (non-hydrogen) atoms. The van der Waals surface area contributed by atoms with E-state index < -0.39 is 5.82 Å². The van der Waals surface area contributed by atoms with Crippen LogP contribution in [0.25, 0.3) is 0 Å². The number of nitrogens with zero attached hydrogens (tertiary/aromatic N) is 1. The third-order valence-corrected chi connectivity index (χ3v) is 2.21. The number of halogens is 2. The van der Waals surface area contributed by atoms with Gasteiger partial charge in [-0.15, -0.1) is 0 Å². The van der Waals surface area contributed by atoms with E-state index in [1.807, 2.05) is 0 Å². The molecule has 0 amide bonds. The molecule has 0 aliphatic heterocycles. The minimum absolute atomic E-state index is 0.117. The number of carbonyl (C=O) groups is 1. The Morgan fingerprint density at radius 2 is 2.23 bits per heavy atom. The van der Waals surface area contributed by atoms with Gasteiger partial charge in [0.25, 0.3) is 0 Å². The maximum atomic E-state index is 12.9. The van der Waals surface area contributed by atoms with Crippen LogP contribution >= 0.6 is 15.9 Å². The van der Waals surface area contributed by atoms with Crippen LogP contribution < -0.4 is 0 Å². The summed E-state index contributed by atoms with van der Waals surface area (Å²) in [5, 5.41) is 8.50. The second-order valence-electron chi connectivity index (χ2n) is 2.48. The van der Waals surface area contributed by atoms with Gasteiger partial charge in [0.05, 0.1) is 5.56 Å². The SMILES string of the molecule is CC(=O)c1cc(C#N)c(F)cc1Br. The summed E-state index contributed by atoms with van der Waals surface area (Å²) in [6.45, 7) is 1.36. The lowest BCUT2D eigenvalue weighted by Crippen LogP contribution is -1.96. The Balaban J connectivity index is 3.41. The molecule has 0 atom stereocenters. The van der Waals surface area contributed by atoms with Gasteiger partial charge in [0.15, 0.2) is 5.78 Å². The lowest BCUT2D eigenvalue weighted by atomic mass is 10.1. The van der Waals surface area contributed by atoms with Crippen molar-refractivity contribution >= 4 is 21.7 Å². The number of hydrogen-bond donors (Lipinski definition) is 0. The normalized spacial score (nSPS) is 9.38. The van der Waals surface area contributed by atoms with Crippen molar-refractivity contribution in [1.82, 2.24) is 0 Å². The summed E-state index contributed by atoms with van der Waals surface area (Å²) in [6.07, 6.45) is 0. The second-order valence-corrected chi connectivity index (χ2v) is 3.33.